The summed E-state index contributed by atoms with van der Waals surface area (Å²) in [6, 6.07) is 11.7. The molecule has 1 atom stereocenters. The monoisotopic (exact) mass is 395 g/mol. The van der Waals surface area contributed by atoms with Crippen molar-refractivity contribution in [3.63, 3.8) is 0 Å². The Morgan fingerprint density at radius 3 is 2.76 bits per heavy atom. The summed E-state index contributed by atoms with van der Waals surface area (Å²) in [4.78, 5) is 28.8. The Kier molecular flexibility index (Phi) is 5.88. The lowest BCUT2D eigenvalue weighted by atomic mass is 10.1. The van der Waals surface area contributed by atoms with E-state index in [0.29, 0.717) is 12.2 Å². The quantitative estimate of drug-likeness (QED) is 0.776. The van der Waals surface area contributed by atoms with Crippen molar-refractivity contribution in [1.29, 1.82) is 0 Å². The first-order valence-corrected chi connectivity index (χ1v) is 10.6. The molecule has 0 saturated carbocycles. The van der Waals surface area contributed by atoms with Crippen LogP contribution in [0.3, 0.4) is 0 Å². The molecule has 2 aliphatic heterocycles. The highest BCUT2D eigenvalue weighted by Crippen LogP contribution is 2.31. The van der Waals surface area contributed by atoms with E-state index in [9.17, 15) is 9.59 Å². The average Bonchev–Trinajstić information content (AvgIpc) is 3.27. The number of anilines is 1. The van der Waals surface area contributed by atoms with Gasteiger partial charge in [0.15, 0.2) is 6.61 Å². The number of carbonyl (C=O) groups is 2. The molecule has 0 bridgehead atoms. The first-order valence-electron chi connectivity index (χ1n) is 10.6. The van der Waals surface area contributed by atoms with Crippen LogP contribution in [0.2, 0.25) is 0 Å². The molecule has 1 aromatic heterocycles. The molecule has 154 valence electrons. The Morgan fingerprint density at radius 2 is 2.00 bits per heavy atom. The summed E-state index contributed by atoms with van der Waals surface area (Å²) in [6.45, 7) is 1.52. The summed E-state index contributed by atoms with van der Waals surface area (Å²) in [5.41, 5.74) is 2.02. The van der Waals surface area contributed by atoms with E-state index in [1.807, 2.05) is 48.5 Å². The molecule has 2 amide bonds. The summed E-state index contributed by atoms with van der Waals surface area (Å²) < 4.78 is 7.96. The predicted octanol–water partition coefficient (Wildman–Crippen LogP) is 3.67. The Bertz CT molecular complexity index is 876. The highest BCUT2D eigenvalue weighted by molar-refractivity contribution is 5.95. The SMILES string of the molecule is Cn1cccc1C1CCCCCN1C(=O)COc1cccc(N2CCCC2=O)c1. The number of hydrogen-bond acceptors (Lipinski definition) is 3. The van der Waals surface area contributed by atoms with Crippen molar-refractivity contribution >= 4 is 17.5 Å². The molecule has 0 aliphatic carbocycles. The number of benzene rings is 1. The van der Waals surface area contributed by atoms with E-state index >= 15 is 0 Å². The minimum atomic E-state index is 0.0122. The van der Waals surface area contributed by atoms with Crippen LogP contribution >= 0.6 is 0 Å². The number of hydrogen-bond donors (Lipinski definition) is 0. The Balaban J connectivity index is 1.44. The van der Waals surface area contributed by atoms with E-state index in [4.69, 9.17) is 4.74 Å². The zero-order chi connectivity index (χ0) is 20.2. The highest BCUT2D eigenvalue weighted by Gasteiger charge is 2.28. The second kappa shape index (κ2) is 8.72. The number of likely N-dealkylation sites (tertiary alicyclic amines) is 1. The van der Waals surface area contributed by atoms with Crippen LogP contribution in [0.15, 0.2) is 42.6 Å². The normalized spacial score (nSPS) is 20.0. The van der Waals surface area contributed by atoms with Crippen LogP contribution in [0.4, 0.5) is 5.69 Å². The van der Waals surface area contributed by atoms with Gasteiger partial charge < -0.3 is 19.1 Å². The van der Waals surface area contributed by atoms with Crippen LogP contribution < -0.4 is 9.64 Å². The fraction of sp³-hybridized carbons (Fsp3) is 0.478. The van der Waals surface area contributed by atoms with Crippen LogP contribution in [-0.4, -0.2) is 41.0 Å². The molecule has 4 rings (SSSR count). The Morgan fingerprint density at radius 1 is 1.10 bits per heavy atom. The molecule has 1 unspecified atom stereocenters. The topological polar surface area (TPSA) is 54.8 Å². The smallest absolute Gasteiger partial charge is 0.261 e. The predicted molar refractivity (Wildman–Crippen MR) is 112 cm³/mol. The molecule has 0 N–H and O–H groups in total. The van der Waals surface area contributed by atoms with Crippen molar-refractivity contribution < 1.29 is 14.3 Å². The van der Waals surface area contributed by atoms with Crippen molar-refractivity contribution in [2.75, 3.05) is 24.6 Å². The maximum absolute atomic E-state index is 13.1. The van der Waals surface area contributed by atoms with Crippen molar-refractivity contribution in [3.8, 4) is 5.75 Å². The van der Waals surface area contributed by atoms with Gasteiger partial charge in [0.25, 0.3) is 5.91 Å². The summed E-state index contributed by atoms with van der Waals surface area (Å²) >= 11 is 0. The zero-order valence-electron chi connectivity index (χ0n) is 17.0. The Labute approximate surface area is 172 Å². The lowest BCUT2D eigenvalue weighted by molar-refractivity contribution is -0.136. The molecule has 0 spiro atoms. The third-order valence-electron chi connectivity index (χ3n) is 5.96. The number of aromatic nitrogens is 1. The second-order valence-corrected chi connectivity index (χ2v) is 7.93. The number of rotatable bonds is 5. The number of nitrogens with zero attached hydrogens (tertiary/aromatic N) is 3. The van der Waals surface area contributed by atoms with Crippen LogP contribution in [0.5, 0.6) is 5.75 Å². The summed E-state index contributed by atoms with van der Waals surface area (Å²) in [7, 11) is 2.03. The third-order valence-corrected chi connectivity index (χ3v) is 5.96. The molecule has 1 aromatic carbocycles. The van der Waals surface area contributed by atoms with Crippen LogP contribution in [0.25, 0.3) is 0 Å². The third kappa shape index (κ3) is 4.31. The molecule has 2 aromatic rings. The van der Waals surface area contributed by atoms with Crippen molar-refractivity contribution in [2.24, 2.45) is 7.05 Å². The van der Waals surface area contributed by atoms with Crippen molar-refractivity contribution in [1.82, 2.24) is 9.47 Å². The molecular formula is C23H29N3O3. The lowest BCUT2D eigenvalue weighted by Gasteiger charge is -2.30. The summed E-state index contributed by atoms with van der Waals surface area (Å²) in [6.07, 6.45) is 7.81. The minimum Gasteiger partial charge on any atom is -0.484 e. The fourth-order valence-corrected chi connectivity index (χ4v) is 4.43. The van der Waals surface area contributed by atoms with Gasteiger partial charge in [-0.1, -0.05) is 18.9 Å². The largest absolute Gasteiger partial charge is 0.484 e. The molecule has 2 fully saturated rings. The number of ether oxygens (including phenoxy) is 1. The van der Waals surface area contributed by atoms with Gasteiger partial charge in [0.05, 0.1) is 6.04 Å². The van der Waals surface area contributed by atoms with Gasteiger partial charge in [-0.05, 0) is 43.5 Å². The van der Waals surface area contributed by atoms with Crippen molar-refractivity contribution in [2.45, 2.75) is 44.6 Å². The van der Waals surface area contributed by atoms with E-state index in [-0.39, 0.29) is 24.5 Å². The zero-order valence-corrected chi connectivity index (χ0v) is 17.0. The van der Waals surface area contributed by atoms with E-state index in [1.165, 1.54) is 5.69 Å². The molecule has 2 aliphatic rings. The number of carbonyl (C=O) groups excluding carboxylic acids is 2. The van der Waals surface area contributed by atoms with Gasteiger partial charge in [0.2, 0.25) is 5.91 Å². The summed E-state index contributed by atoms with van der Waals surface area (Å²) in [5, 5.41) is 0. The number of aryl methyl sites for hydroxylation is 1. The molecule has 6 heteroatoms. The maximum Gasteiger partial charge on any atom is 0.261 e. The molecule has 3 heterocycles. The second-order valence-electron chi connectivity index (χ2n) is 7.93. The van der Waals surface area contributed by atoms with Gasteiger partial charge >= 0.3 is 0 Å². The number of amides is 2. The standard InChI is InChI=1S/C23H29N3O3/c1-24-13-6-11-20(24)21-10-3-2-4-14-26(21)23(28)17-29-19-9-5-8-18(16-19)25-15-7-12-22(25)27/h5-6,8-9,11,13,16,21H,2-4,7,10,12,14-15,17H2,1H3. The van der Waals surface area contributed by atoms with Gasteiger partial charge in [0.1, 0.15) is 5.75 Å². The lowest BCUT2D eigenvalue weighted by Crippen LogP contribution is -2.38. The average molecular weight is 396 g/mol. The van der Waals surface area contributed by atoms with Gasteiger partial charge in [-0.25, -0.2) is 0 Å². The first-order chi connectivity index (χ1) is 14.1. The van der Waals surface area contributed by atoms with Crippen molar-refractivity contribution in [3.05, 3.63) is 48.3 Å². The minimum absolute atomic E-state index is 0.0122. The van der Waals surface area contributed by atoms with Crippen LogP contribution in [-0.2, 0) is 16.6 Å². The van der Waals surface area contributed by atoms with E-state index in [0.717, 1.165) is 50.9 Å². The van der Waals surface area contributed by atoms with Gasteiger partial charge in [0, 0.05) is 50.2 Å². The van der Waals surface area contributed by atoms with Crippen LogP contribution in [0.1, 0.15) is 50.3 Å². The fourth-order valence-electron chi connectivity index (χ4n) is 4.43. The van der Waals surface area contributed by atoms with E-state index < -0.39 is 0 Å². The van der Waals surface area contributed by atoms with Crippen LogP contribution in [0, 0.1) is 0 Å². The molecular weight excluding hydrogens is 366 g/mol. The van der Waals surface area contributed by atoms with Gasteiger partial charge in [-0.3, -0.25) is 9.59 Å². The van der Waals surface area contributed by atoms with Gasteiger partial charge in [-0.2, -0.15) is 0 Å². The molecule has 0 radical (unpaired) electrons. The molecule has 29 heavy (non-hydrogen) atoms. The van der Waals surface area contributed by atoms with E-state index in [2.05, 4.69) is 10.6 Å². The maximum atomic E-state index is 13.1. The van der Waals surface area contributed by atoms with E-state index in [1.54, 1.807) is 4.90 Å². The Hall–Kier alpha value is -2.76. The van der Waals surface area contributed by atoms with Gasteiger partial charge in [-0.15, -0.1) is 0 Å². The molecule has 6 nitrogen and oxygen atoms in total. The molecule has 2 saturated heterocycles. The highest BCUT2D eigenvalue weighted by atomic mass is 16.5. The first kappa shape index (κ1) is 19.6. The summed E-state index contributed by atoms with van der Waals surface area (Å²) in [5.74, 6) is 0.787.